The lowest BCUT2D eigenvalue weighted by Crippen LogP contribution is -2.30. The highest BCUT2D eigenvalue weighted by atomic mass is 16.6. The number of carbonyl (C=O) groups excluding carboxylic acids is 3. The van der Waals surface area contributed by atoms with Crippen molar-refractivity contribution in [3.8, 4) is 0 Å². The van der Waals surface area contributed by atoms with E-state index in [1.165, 1.54) is 180 Å². The van der Waals surface area contributed by atoms with Gasteiger partial charge in [-0.05, 0) is 31.1 Å². The Labute approximate surface area is 368 Å². The third-order valence-corrected chi connectivity index (χ3v) is 12.3. The predicted molar refractivity (Wildman–Crippen MR) is 252 cm³/mol. The molecule has 350 valence electrons. The van der Waals surface area contributed by atoms with Crippen LogP contribution in [0, 0.1) is 11.8 Å². The molecule has 2 atom stereocenters. The Morgan fingerprint density at radius 3 is 0.966 bits per heavy atom. The molecule has 59 heavy (non-hydrogen) atoms. The number of hydrogen-bond acceptors (Lipinski definition) is 6. The smallest absolute Gasteiger partial charge is 0.306 e. The van der Waals surface area contributed by atoms with Gasteiger partial charge in [-0.25, -0.2) is 0 Å². The first kappa shape index (κ1) is 57.4. The molecule has 0 bridgehead atoms. The second kappa shape index (κ2) is 45.9. The van der Waals surface area contributed by atoms with Crippen molar-refractivity contribution in [3.63, 3.8) is 0 Å². The topological polar surface area (TPSA) is 78.9 Å². The molecule has 0 amide bonds. The Balaban J connectivity index is 4.17. The minimum absolute atomic E-state index is 0.0643. The summed E-state index contributed by atoms with van der Waals surface area (Å²) in [7, 11) is 0. The van der Waals surface area contributed by atoms with E-state index >= 15 is 0 Å². The van der Waals surface area contributed by atoms with Crippen LogP contribution >= 0.6 is 0 Å². The van der Waals surface area contributed by atoms with Crippen LogP contribution in [0.2, 0.25) is 0 Å². The molecule has 0 aromatic carbocycles. The molecule has 0 fully saturated rings. The van der Waals surface area contributed by atoms with Crippen LogP contribution < -0.4 is 0 Å². The summed E-state index contributed by atoms with van der Waals surface area (Å²) in [4.78, 5) is 37.8. The summed E-state index contributed by atoms with van der Waals surface area (Å²) in [5, 5.41) is 0. The molecular formula is C53H102O6. The second-order valence-corrected chi connectivity index (χ2v) is 18.9. The van der Waals surface area contributed by atoms with Gasteiger partial charge in [0.2, 0.25) is 0 Å². The molecular weight excluding hydrogens is 733 g/mol. The molecule has 0 saturated carbocycles. The maximum Gasteiger partial charge on any atom is 0.306 e. The molecule has 0 saturated heterocycles. The van der Waals surface area contributed by atoms with Crippen molar-refractivity contribution in [3.05, 3.63) is 0 Å². The van der Waals surface area contributed by atoms with Crippen LogP contribution in [0.3, 0.4) is 0 Å². The van der Waals surface area contributed by atoms with Gasteiger partial charge in [0.1, 0.15) is 13.2 Å². The van der Waals surface area contributed by atoms with Gasteiger partial charge in [0.05, 0.1) is 0 Å². The van der Waals surface area contributed by atoms with E-state index in [0.717, 1.165) is 69.6 Å². The van der Waals surface area contributed by atoms with Crippen molar-refractivity contribution in [1.82, 2.24) is 0 Å². The maximum atomic E-state index is 12.7. The fraction of sp³-hybridized carbons (Fsp3) is 0.943. The van der Waals surface area contributed by atoms with Gasteiger partial charge in [0.25, 0.3) is 0 Å². The molecule has 0 aliphatic rings. The molecule has 0 aliphatic heterocycles. The van der Waals surface area contributed by atoms with E-state index < -0.39 is 6.10 Å². The lowest BCUT2D eigenvalue weighted by Gasteiger charge is -2.18. The number of rotatable bonds is 47. The highest BCUT2D eigenvalue weighted by molar-refractivity contribution is 5.71. The highest BCUT2D eigenvalue weighted by Crippen LogP contribution is 2.18. The molecule has 0 rings (SSSR count). The number of unbranched alkanes of at least 4 members (excludes halogenated alkanes) is 31. The largest absolute Gasteiger partial charge is 0.462 e. The summed E-state index contributed by atoms with van der Waals surface area (Å²) >= 11 is 0. The van der Waals surface area contributed by atoms with Crippen molar-refractivity contribution in [2.24, 2.45) is 11.8 Å². The van der Waals surface area contributed by atoms with Gasteiger partial charge in [-0.3, -0.25) is 14.4 Å². The van der Waals surface area contributed by atoms with Gasteiger partial charge in [0, 0.05) is 19.3 Å². The third-order valence-electron chi connectivity index (χ3n) is 12.3. The number of hydrogen-bond donors (Lipinski definition) is 0. The maximum absolute atomic E-state index is 12.7. The van der Waals surface area contributed by atoms with E-state index in [2.05, 4.69) is 34.6 Å². The zero-order valence-electron chi connectivity index (χ0n) is 40.4. The van der Waals surface area contributed by atoms with Crippen LogP contribution in [-0.4, -0.2) is 37.2 Å². The Kier molecular flexibility index (Phi) is 44.7. The minimum atomic E-state index is -0.761. The molecule has 0 N–H and O–H groups in total. The number of carbonyl (C=O) groups is 3. The number of esters is 3. The third kappa shape index (κ3) is 45.8. The minimum Gasteiger partial charge on any atom is -0.462 e. The standard InChI is InChI=1S/C53H102O6/c1-6-8-9-10-11-12-24-28-35-40-45-53(56)59-50(47-58-52(55)44-39-34-30-29-32-37-42-49(5)7-2)46-57-51(54)43-38-33-27-25-22-20-18-16-14-13-15-17-19-21-23-26-31-36-41-48(3)4/h48-50H,6-47H2,1-5H3/t49?,50-/m1/s1. The lowest BCUT2D eigenvalue weighted by atomic mass is 10.00. The van der Waals surface area contributed by atoms with E-state index in [1.54, 1.807) is 0 Å². The summed E-state index contributed by atoms with van der Waals surface area (Å²) < 4.78 is 16.8. The van der Waals surface area contributed by atoms with Crippen molar-refractivity contribution >= 4 is 17.9 Å². The molecule has 0 aliphatic carbocycles. The van der Waals surface area contributed by atoms with Crippen molar-refractivity contribution in [2.45, 2.75) is 298 Å². The van der Waals surface area contributed by atoms with Gasteiger partial charge in [-0.1, -0.05) is 253 Å². The van der Waals surface area contributed by atoms with Gasteiger partial charge in [-0.15, -0.1) is 0 Å². The number of ether oxygens (including phenoxy) is 3. The molecule has 6 nitrogen and oxygen atoms in total. The zero-order valence-corrected chi connectivity index (χ0v) is 40.4. The fourth-order valence-corrected chi connectivity index (χ4v) is 7.96. The van der Waals surface area contributed by atoms with Crippen LogP contribution in [0.1, 0.15) is 291 Å². The molecule has 0 radical (unpaired) electrons. The normalized spacial score (nSPS) is 12.5. The summed E-state index contributed by atoms with van der Waals surface area (Å²) in [6, 6.07) is 0. The van der Waals surface area contributed by atoms with Crippen LogP contribution in [-0.2, 0) is 28.6 Å². The lowest BCUT2D eigenvalue weighted by molar-refractivity contribution is -0.167. The fourth-order valence-electron chi connectivity index (χ4n) is 7.96. The Morgan fingerprint density at radius 2 is 0.644 bits per heavy atom. The van der Waals surface area contributed by atoms with E-state index in [4.69, 9.17) is 14.2 Å². The van der Waals surface area contributed by atoms with Gasteiger partial charge >= 0.3 is 17.9 Å². The first-order valence-corrected chi connectivity index (χ1v) is 26.3. The second-order valence-electron chi connectivity index (χ2n) is 18.9. The van der Waals surface area contributed by atoms with E-state index in [0.29, 0.717) is 19.3 Å². The predicted octanol–water partition coefficient (Wildman–Crippen LogP) is 16.9. The molecule has 6 heteroatoms. The average Bonchev–Trinajstić information content (AvgIpc) is 3.22. The zero-order chi connectivity index (χ0) is 43.3. The van der Waals surface area contributed by atoms with Crippen molar-refractivity contribution < 1.29 is 28.6 Å². The average molecular weight is 835 g/mol. The Morgan fingerprint density at radius 1 is 0.356 bits per heavy atom. The highest BCUT2D eigenvalue weighted by Gasteiger charge is 2.19. The molecule has 0 aromatic rings. The molecule has 1 unspecified atom stereocenters. The van der Waals surface area contributed by atoms with E-state index in [-0.39, 0.29) is 31.1 Å². The van der Waals surface area contributed by atoms with Gasteiger partial charge in [-0.2, -0.15) is 0 Å². The Hall–Kier alpha value is -1.59. The van der Waals surface area contributed by atoms with Crippen LogP contribution in [0.5, 0.6) is 0 Å². The van der Waals surface area contributed by atoms with Crippen molar-refractivity contribution in [2.75, 3.05) is 13.2 Å². The molecule has 0 aromatic heterocycles. The summed E-state index contributed by atoms with van der Waals surface area (Å²) in [5.41, 5.74) is 0. The quantitative estimate of drug-likeness (QED) is 0.0345. The first-order chi connectivity index (χ1) is 28.8. The molecule has 0 spiro atoms. The van der Waals surface area contributed by atoms with Crippen LogP contribution in [0.15, 0.2) is 0 Å². The summed E-state index contributed by atoms with van der Waals surface area (Å²) in [5.74, 6) is 0.821. The van der Waals surface area contributed by atoms with Crippen LogP contribution in [0.4, 0.5) is 0 Å². The van der Waals surface area contributed by atoms with E-state index in [9.17, 15) is 14.4 Å². The summed E-state index contributed by atoms with van der Waals surface area (Å²) in [6.45, 7) is 11.4. The SMILES string of the molecule is CCCCCCCCCCCCC(=O)O[C@H](COC(=O)CCCCCCCCCCCCCCCCCCCCC(C)C)COC(=O)CCCCCCCCC(C)CC. The van der Waals surface area contributed by atoms with Gasteiger partial charge in [0.15, 0.2) is 6.10 Å². The monoisotopic (exact) mass is 835 g/mol. The van der Waals surface area contributed by atoms with Crippen LogP contribution in [0.25, 0.3) is 0 Å². The van der Waals surface area contributed by atoms with E-state index in [1.807, 2.05) is 0 Å². The first-order valence-electron chi connectivity index (χ1n) is 26.3. The summed E-state index contributed by atoms with van der Waals surface area (Å²) in [6.07, 6.45) is 46.7. The van der Waals surface area contributed by atoms with Gasteiger partial charge < -0.3 is 14.2 Å². The molecule has 0 heterocycles. The van der Waals surface area contributed by atoms with Crippen molar-refractivity contribution in [1.29, 1.82) is 0 Å². The Bertz CT molecular complexity index is 902.